The monoisotopic (exact) mass is 263 g/mol. The van der Waals surface area contributed by atoms with Gasteiger partial charge in [0, 0.05) is 12.2 Å². The molecule has 0 aliphatic heterocycles. The molecule has 2 aromatic rings. The molecule has 0 spiro atoms. The SMILES string of the molecule is Cc1cnc2c(c1)nc(CCl)n2C1CCC(C)C1. The lowest BCUT2D eigenvalue weighted by Crippen LogP contribution is -2.09. The molecule has 2 atom stereocenters. The summed E-state index contributed by atoms with van der Waals surface area (Å²) in [5.41, 5.74) is 3.12. The molecule has 0 N–H and O–H groups in total. The number of aryl methyl sites for hydroxylation is 1. The Morgan fingerprint density at radius 1 is 1.44 bits per heavy atom. The molecule has 4 heteroatoms. The van der Waals surface area contributed by atoms with Gasteiger partial charge in [0.1, 0.15) is 11.3 Å². The fourth-order valence-corrected chi connectivity index (χ4v) is 3.21. The summed E-state index contributed by atoms with van der Waals surface area (Å²) in [5, 5.41) is 0. The van der Waals surface area contributed by atoms with Crippen molar-refractivity contribution < 1.29 is 0 Å². The first-order chi connectivity index (χ1) is 8.69. The third kappa shape index (κ3) is 1.91. The van der Waals surface area contributed by atoms with Crippen LogP contribution in [-0.2, 0) is 5.88 Å². The van der Waals surface area contributed by atoms with Gasteiger partial charge in [-0.3, -0.25) is 0 Å². The Labute approximate surface area is 112 Å². The van der Waals surface area contributed by atoms with E-state index >= 15 is 0 Å². The quantitative estimate of drug-likeness (QED) is 0.771. The van der Waals surface area contributed by atoms with E-state index in [4.69, 9.17) is 11.6 Å². The lowest BCUT2D eigenvalue weighted by molar-refractivity contribution is 0.491. The summed E-state index contributed by atoms with van der Waals surface area (Å²) in [7, 11) is 0. The molecule has 1 aliphatic rings. The highest BCUT2D eigenvalue weighted by Crippen LogP contribution is 2.37. The van der Waals surface area contributed by atoms with Gasteiger partial charge in [0.25, 0.3) is 0 Å². The zero-order chi connectivity index (χ0) is 12.7. The number of nitrogens with zero attached hydrogens (tertiary/aromatic N) is 3. The number of hydrogen-bond acceptors (Lipinski definition) is 2. The number of aromatic nitrogens is 3. The maximum absolute atomic E-state index is 6.05. The fraction of sp³-hybridized carbons (Fsp3) is 0.571. The third-order valence-electron chi connectivity index (χ3n) is 3.89. The van der Waals surface area contributed by atoms with Gasteiger partial charge in [-0.2, -0.15) is 0 Å². The molecule has 96 valence electrons. The van der Waals surface area contributed by atoms with Crippen LogP contribution in [0.1, 0.15) is 43.6 Å². The van der Waals surface area contributed by atoms with Crippen LogP contribution in [0.5, 0.6) is 0 Å². The Hall–Kier alpha value is -1.09. The average molecular weight is 264 g/mol. The van der Waals surface area contributed by atoms with Crippen molar-refractivity contribution in [2.24, 2.45) is 5.92 Å². The van der Waals surface area contributed by atoms with E-state index in [1.165, 1.54) is 19.3 Å². The topological polar surface area (TPSA) is 30.7 Å². The summed E-state index contributed by atoms with van der Waals surface area (Å²) in [5.74, 6) is 2.21. The Kier molecular flexibility index (Phi) is 3.02. The van der Waals surface area contributed by atoms with Gasteiger partial charge >= 0.3 is 0 Å². The smallest absolute Gasteiger partial charge is 0.160 e. The highest BCUT2D eigenvalue weighted by molar-refractivity contribution is 6.16. The van der Waals surface area contributed by atoms with Gasteiger partial charge in [-0.25, -0.2) is 9.97 Å². The van der Waals surface area contributed by atoms with Crippen molar-refractivity contribution in [3.63, 3.8) is 0 Å². The molecule has 0 amide bonds. The molecular weight excluding hydrogens is 246 g/mol. The van der Waals surface area contributed by atoms with Crippen molar-refractivity contribution in [3.05, 3.63) is 23.7 Å². The van der Waals surface area contributed by atoms with Gasteiger partial charge in [-0.1, -0.05) is 6.92 Å². The van der Waals surface area contributed by atoms with Gasteiger partial charge in [0.2, 0.25) is 0 Å². The normalized spacial score (nSPS) is 23.9. The number of fused-ring (bicyclic) bond motifs is 1. The van der Waals surface area contributed by atoms with Crippen molar-refractivity contribution in [1.29, 1.82) is 0 Å². The minimum absolute atomic E-state index is 0.459. The van der Waals surface area contributed by atoms with Crippen molar-refractivity contribution in [3.8, 4) is 0 Å². The molecule has 3 rings (SSSR count). The van der Waals surface area contributed by atoms with Crippen LogP contribution in [0.4, 0.5) is 0 Å². The summed E-state index contributed by atoms with van der Waals surface area (Å²) in [6, 6.07) is 2.61. The number of halogens is 1. The molecule has 1 fully saturated rings. The van der Waals surface area contributed by atoms with Crippen LogP contribution in [0.3, 0.4) is 0 Å². The number of rotatable bonds is 2. The number of hydrogen-bond donors (Lipinski definition) is 0. The van der Waals surface area contributed by atoms with Crippen molar-refractivity contribution in [2.45, 2.75) is 45.0 Å². The molecule has 0 saturated heterocycles. The Morgan fingerprint density at radius 2 is 2.28 bits per heavy atom. The lowest BCUT2D eigenvalue weighted by atomic mass is 10.1. The molecule has 1 saturated carbocycles. The summed E-state index contributed by atoms with van der Waals surface area (Å²) in [6.07, 6.45) is 5.63. The standard InChI is InChI=1S/C14H18ClN3/c1-9-3-4-11(5-9)18-13(7-15)17-12-6-10(2)8-16-14(12)18/h6,8-9,11H,3-5,7H2,1-2H3. The Bertz CT molecular complexity index is 576. The fourth-order valence-electron chi connectivity index (χ4n) is 3.02. The van der Waals surface area contributed by atoms with Crippen LogP contribution in [0.25, 0.3) is 11.2 Å². The number of imidazole rings is 1. The van der Waals surface area contributed by atoms with Crippen LogP contribution in [0.2, 0.25) is 0 Å². The van der Waals surface area contributed by atoms with Crippen molar-refractivity contribution in [2.75, 3.05) is 0 Å². The lowest BCUT2D eigenvalue weighted by Gasteiger charge is -2.15. The molecule has 18 heavy (non-hydrogen) atoms. The maximum Gasteiger partial charge on any atom is 0.160 e. The van der Waals surface area contributed by atoms with E-state index in [0.717, 1.165) is 28.5 Å². The Balaban J connectivity index is 2.13. The molecule has 3 nitrogen and oxygen atoms in total. The van der Waals surface area contributed by atoms with Gasteiger partial charge in [-0.15, -0.1) is 11.6 Å². The zero-order valence-electron chi connectivity index (χ0n) is 10.9. The van der Waals surface area contributed by atoms with E-state index < -0.39 is 0 Å². The highest BCUT2D eigenvalue weighted by atomic mass is 35.5. The average Bonchev–Trinajstić information content (AvgIpc) is 2.91. The van der Waals surface area contributed by atoms with E-state index in [1.54, 1.807) is 0 Å². The maximum atomic E-state index is 6.05. The Morgan fingerprint density at radius 3 is 2.94 bits per heavy atom. The summed E-state index contributed by atoms with van der Waals surface area (Å²) in [6.45, 7) is 4.36. The van der Waals surface area contributed by atoms with Crippen molar-refractivity contribution in [1.82, 2.24) is 14.5 Å². The third-order valence-corrected chi connectivity index (χ3v) is 4.13. The molecule has 2 unspecified atom stereocenters. The number of pyridine rings is 1. The van der Waals surface area contributed by atoms with Crippen LogP contribution in [0.15, 0.2) is 12.3 Å². The van der Waals surface area contributed by atoms with E-state index in [1.807, 2.05) is 13.1 Å². The zero-order valence-corrected chi connectivity index (χ0v) is 11.6. The first-order valence-corrected chi connectivity index (χ1v) is 7.12. The first-order valence-electron chi connectivity index (χ1n) is 6.58. The first kappa shape index (κ1) is 12.0. The van der Waals surface area contributed by atoms with Crippen LogP contribution in [0, 0.1) is 12.8 Å². The van der Waals surface area contributed by atoms with Crippen LogP contribution in [-0.4, -0.2) is 14.5 Å². The molecule has 0 aromatic carbocycles. The van der Waals surface area contributed by atoms with E-state index in [2.05, 4.69) is 27.5 Å². The molecule has 2 aromatic heterocycles. The second kappa shape index (κ2) is 4.54. The predicted octanol–water partition coefficient (Wildman–Crippen LogP) is 3.84. The van der Waals surface area contributed by atoms with E-state index in [9.17, 15) is 0 Å². The van der Waals surface area contributed by atoms with Crippen LogP contribution >= 0.6 is 11.6 Å². The van der Waals surface area contributed by atoms with E-state index in [-0.39, 0.29) is 0 Å². The second-order valence-electron chi connectivity index (χ2n) is 5.46. The van der Waals surface area contributed by atoms with Gasteiger partial charge in [0.15, 0.2) is 5.65 Å². The summed E-state index contributed by atoms with van der Waals surface area (Å²) < 4.78 is 2.27. The van der Waals surface area contributed by atoms with Gasteiger partial charge in [-0.05, 0) is 43.7 Å². The molecule has 0 bridgehead atoms. The largest absolute Gasteiger partial charge is 0.309 e. The molecule has 0 radical (unpaired) electrons. The van der Waals surface area contributed by atoms with Crippen molar-refractivity contribution >= 4 is 22.8 Å². The minimum Gasteiger partial charge on any atom is -0.309 e. The van der Waals surface area contributed by atoms with Gasteiger partial charge in [0.05, 0.1) is 5.88 Å². The molecular formula is C14H18ClN3. The predicted molar refractivity (Wildman–Crippen MR) is 73.9 cm³/mol. The van der Waals surface area contributed by atoms with Crippen LogP contribution < -0.4 is 0 Å². The molecule has 1 aliphatic carbocycles. The summed E-state index contributed by atoms with van der Waals surface area (Å²) in [4.78, 5) is 9.19. The summed E-state index contributed by atoms with van der Waals surface area (Å²) >= 11 is 6.05. The van der Waals surface area contributed by atoms with E-state index in [0.29, 0.717) is 11.9 Å². The second-order valence-corrected chi connectivity index (χ2v) is 5.73. The van der Waals surface area contributed by atoms with Gasteiger partial charge < -0.3 is 4.57 Å². The minimum atomic E-state index is 0.459. The number of alkyl halides is 1. The highest BCUT2D eigenvalue weighted by Gasteiger charge is 2.26. The molecule has 2 heterocycles.